The number of aromatic amines is 1. The summed E-state index contributed by atoms with van der Waals surface area (Å²) in [6.07, 6.45) is 44.4. The van der Waals surface area contributed by atoms with E-state index in [4.69, 9.17) is 0 Å². The highest BCUT2D eigenvalue weighted by Gasteiger charge is 2.25. The monoisotopic (exact) mass is 546 g/mol. The lowest BCUT2D eigenvalue weighted by atomic mass is 9.92. The van der Waals surface area contributed by atoms with Crippen molar-refractivity contribution in [1.29, 1.82) is 0 Å². The molecule has 0 aliphatic rings. The van der Waals surface area contributed by atoms with Crippen molar-refractivity contribution in [3.63, 3.8) is 0 Å². The molecule has 2 heteroatoms. The van der Waals surface area contributed by atoms with Crippen molar-refractivity contribution < 1.29 is 4.57 Å². The number of hydrogen-bond acceptors (Lipinski definition) is 0. The summed E-state index contributed by atoms with van der Waals surface area (Å²) in [6, 6.07) is 0.614. The maximum Gasteiger partial charge on any atom is 0.257 e. The number of nitrogens with zero attached hydrogens (tertiary/aromatic N) is 1. The highest BCUT2D eigenvalue weighted by Crippen LogP contribution is 2.27. The average molecular weight is 546 g/mol. The summed E-state index contributed by atoms with van der Waals surface area (Å²) < 4.78 is 2.58. The van der Waals surface area contributed by atoms with Crippen molar-refractivity contribution in [3.05, 3.63) is 18.2 Å². The van der Waals surface area contributed by atoms with Crippen LogP contribution in [0.1, 0.15) is 225 Å². The van der Waals surface area contributed by atoms with Crippen LogP contribution in [0.4, 0.5) is 0 Å². The lowest BCUT2D eigenvalue weighted by Gasteiger charge is -2.17. The molecule has 0 fully saturated rings. The summed E-state index contributed by atoms with van der Waals surface area (Å²) in [7, 11) is 0. The molecule has 1 aromatic rings. The van der Waals surface area contributed by atoms with E-state index in [9.17, 15) is 0 Å². The number of rotatable bonds is 30. The minimum Gasteiger partial charge on any atom is -0.247 e. The fourth-order valence-corrected chi connectivity index (χ4v) is 6.51. The van der Waals surface area contributed by atoms with Gasteiger partial charge in [-0.1, -0.05) is 181 Å². The zero-order valence-electron chi connectivity index (χ0n) is 27.6. The second-order valence-electron chi connectivity index (χ2n) is 12.9. The Kier molecular flexibility index (Phi) is 25.4. The molecule has 0 aliphatic carbocycles. The quantitative estimate of drug-likeness (QED) is 0.0732. The smallest absolute Gasteiger partial charge is 0.247 e. The highest BCUT2D eigenvalue weighted by molar-refractivity contribution is 4.90. The van der Waals surface area contributed by atoms with Crippen LogP contribution < -0.4 is 4.57 Å². The third-order valence-electron chi connectivity index (χ3n) is 9.12. The number of nitrogens with one attached hydrogen (secondary N) is 1. The Morgan fingerprint density at radius 3 is 1.21 bits per heavy atom. The van der Waals surface area contributed by atoms with E-state index in [2.05, 4.69) is 49.6 Å². The number of aromatic nitrogens is 2. The first-order chi connectivity index (χ1) is 19.2. The van der Waals surface area contributed by atoms with Crippen molar-refractivity contribution in [1.82, 2.24) is 4.98 Å². The molecule has 230 valence electrons. The molecule has 1 heterocycles. The van der Waals surface area contributed by atoms with Crippen LogP contribution in [-0.2, 0) is 0 Å². The van der Waals surface area contributed by atoms with Crippen LogP contribution >= 0.6 is 0 Å². The van der Waals surface area contributed by atoms with E-state index < -0.39 is 0 Å². The van der Waals surface area contributed by atoms with E-state index in [0.29, 0.717) is 12.0 Å². The Bertz CT molecular complexity index is 606. The molecule has 0 aliphatic heterocycles. The van der Waals surface area contributed by atoms with E-state index in [1.54, 1.807) is 0 Å². The summed E-state index contributed by atoms with van der Waals surface area (Å²) in [4.78, 5) is 3.69. The van der Waals surface area contributed by atoms with Crippen LogP contribution in [0, 0.1) is 0 Å². The lowest BCUT2D eigenvalue weighted by molar-refractivity contribution is -0.727. The predicted molar refractivity (Wildman–Crippen MR) is 175 cm³/mol. The molecule has 2 unspecified atom stereocenters. The number of hydrogen-bond donors (Lipinski definition) is 1. The molecule has 2 atom stereocenters. The molecule has 1 N–H and O–H groups in total. The molecule has 0 spiro atoms. The third-order valence-corrected chi connectivity index (χ3v) is 9.12. The standard InChI is InChI=1S/C37H72N2/c1-5-8-10-12-14-16-18-19-21-23-25-27-29-32-36(37-38-33-34-39(37)35(4)30-7-3)31-28-26-24-22-20-17-15-13-11-9-6-2/h33-36H,5-32H2,1-4H3/p+1. The van der Waals surface area contributed by atoms with Crippen molar-refractivity contribution >= 4 is 0 Å². The number of imidazole rings is 1. The van der Waals surface area contributed by atoms with Crippen molar-refractivity contribution in [2.24, 2.45) is 0 Å². The van der Waals surface area contributed by atoms with Crippen LogP contribution in [0.25, 0.3) is 0 Å². The summed E-state index contributed by atoms with van der Waals surface area (Å²) in [5.74, 6) is 2.23. The van der Waals surface area contributed by atoms with E-state index >= 15 is 0 Å². The largest absolute Gasteiger partial charge is 0.257 e. The third kappa shape index (κ3) is 19.8. The van der Waals surface area contributed by atoms with Gasteiger partial charge in [0.2, 0.25) is 0 Å². The Labute approximate surface area is 246 Å². The zero-order chi connectivity index (χ0) is 28.2. The van der Waals surface area contributed by atoms with E-state index in [-0.39, 0.29) is 0 Å². The molecule has 0 amide bonds. The maximum atomic E-state index is 3.69. The van der Waals surface area contributed by atoms with E-state index in [1.165, 1.54) is 186 Å². The first kappa shape index (κ1) is 36.2. The summed E-state index contributed by atoms with van der Waals surface area (Å²) >= 11 is 0. The molecular weight excluding hydrogens is 472 g/mol. The highest BCUT2D eigenvalue weighted by atomic mass is 15.1. The first-order valence-electron chi connectivity index (χ1n) is 18.3. The minimum atomic E-state index is 0.614. The molecule has 0 radical (unpaired) electrons. The molecular formula is C37H73N2+. The molecule has 0 saturated heterocycles. The van der Waals surface area contributed by atoms with Gasteiger partial charge < -0.3 is 0 Å². The topological polar surface area (TPSA) is 19.7 Å². The average Bonchev–Trinajstić information content (AvgIpc) is 3.43. The van der Waals surface area contributed by atoms with Crippen LogP contribution in [-0.4, -0.2) is 4.98 Å². The van der Waals surface area contributed by atoms with Crippen LogP contribution in [0.3, 0.4) is 0 Å². The van der Waals surface area contributed by atoms with Gasteiger partial charge in [-0.15, -0.1) is 0 Å². The Hall–Kier alpha value is -0.790. The SMILES string of the molecule is CCCCCCCCCCCCCCCC(CCCCCCCCCCCCC)c1[nH]cc[n+]1C(C)CCC. The van der Waals surface area contributed by atoms with E-state index in [1.807, 2.05) is 0 Å². The second-order valence-corrected chi connectivity index (χ2v) is 12.9. The summed E-state index contributed by atoms with van der Waals surface area (Å²) in [5, 5.41) is 0. The van der Waals surface area contributed by atoms with Gasteiger partial charge in [0.25, 0.3) is 5.82 Å². The lowest BCUT2D eigenvalue weighted by Crippen LogP contribution is -2.41. The number of unbranched alkanes of at least 4 members (excludes halogenated alkanes) is 22. The molecule has 0 saturated carbocycles. The molecule has 0 bridgehead atoms. The second kappa shape index (κ2) is 27.4. The Morgan fingerprint density at radius 1 is 0.487 bits per heavy atom. The Morgan fingerprint density at radius 2 is 0.846 bits per heavy atom. The summed E-state index contributed by atoms with van der Waals surface area (Å²) in [5.41, 5.74) is 0. The molecule has 1 rings (SSSR count). The van der Waals surface area contributed by atoms with Gasteiger partial charge in [0.05, 0.1) is 12.0 Å². The minimum absolute atomic E-state index is 0.614. The molecule has 2 nitrogen and oxygen atoms in total. The number of H-pyrrole nitrogens is 1. The van der Waals surface area contributed by atoms with Gasteiger partial charge in [-0.2, -0.15) is 0 Å². The van der Waals surface area contributed by atoms with Crippen LogP contribution in [0.2, 0.25) is 0 Å². The summed E-state index contributed by atoms with van der Waals surface area (Å²) in [6.45, 7) is 9.35. The maximum absolute atomic E-state index is 3.69. The van der Waals surface area contributed by atoms with Gasteiger partial charge in [-0.05, 0) is 26.2 Å². The normalized spacial score (nSPS) is 13.2. The van der Waals surface area contributed by atoms with Crippen LogP contribution in [0.5, 0.6) is 0 Å². The fraction of sp³-hybridized carbons (Fsp3) is 0.919. The predicted octanol–water partition coefficient (Wildman–Crippen LogP) is 12.9. The first-order valence-corrected chi connectivity index (χ1v) is 18.3. The Balaban J connectivity index is 2.27. The van der Waals surface area contributed by atoms with Crippen molar-refractivity contribution in [2.75, 3.05) is 0 Å². The fourth-order valence-electron chi connectivity index (χ4n) is 6.51. The molecule has 0 aromatic carbocycles. The van der Waals surface area contributed by atoms with Gasteiger partial charge in [-0.3, -0.25) is 0 Å². The zero-order valence-corrected chi connectivity index (χ0v) is 27.6. The van der Waals surface area contributed by atoms with Crippen molar-refractivity contribution in [3.8, 4) is 0 Å². The van der Waals surface area contributed by atoms with Gasteiger partial charge in [-0.25, -0.2) is 9.55 Å². The molecule has 39 heavy (non-hydrogen) atoms. The van der Waals surface area contributed by atoms with Crippen molar-refractivity contribution in [2.45, 2.75) is 219 Å². The van der Waals surface area contributed by atoms with Gasteiger partial charge in [0.15, 0.2) is 0 Å². The molecule has 1 aromatic heterocycles. The van der Waals surface area contributed by atoms with E-state index in [0.717, 1.165) is 0 Å². The van der Waals surface area contributed by atoms with Gasteiger partial charge in [0.1, 0.15) is 12.4 Å². The van der Waals surface area contributed by atoms with Crippen LogP contribution in [0.15, 0.2) is 12.4 Å². The van der Waals surface area contributed by atoms with Gasteiger partial charge in [0, 0.05) is 0 Å². The van der Waals surface area contributed by atoms with Gasteiger partial charge >= 0.3 is 0 Å².